The Morgan fingerprint density at radius 2 is 2.53 bits per heavy atom. The second kappa shape index (κ2) is 3.59. The van der Waals surface area contributed by atoms with Crippen molar-refractivity contribution in [3.63, 3.8) is 0 Å². The number of nitrogens with zero attached hydrogens (tertiary/aromatic N) is 3. The van der Waals surface area contributed by atoms with Crippen LogP contribution < -0.4 is 0 Å². The first-order valence-electron chi connectivity index (χ1n) is 5.68. The van der Waals surface area contributed by atoms with E-state index in [2.05, 4.69) is 17.0 Å². The van der Waals surface area contributed by atoms with Gasteiger partial charge in [-0.3, -0.25) is 0 Å². The highest BCUT2D eigenvalue weighted by Crippen LogP contribution is 2.29. The van der Waals surface area contributed by atoms with E-state index in [4.69, 9.17) is 0 Å². The van der Waals surface area contributed by atoms with Crippen LogP contribution in [0.25, 0.3) is 4.96 Å². The summed E-state index contributed by atoms with van der Waals surface area (Å²) >= 11 is 1.64. The van der Waals surface area contributed by atoms with Crippen LogP contribution in [-0.4, -0.2) is 14.6 Å². The minimum absolute atomic E-state index is 0.851. The van der Waals surface area contributed by atoms with Gasteiger partial charge in [-0.05, 0) is 25.2 Å². The van der Waals surface area contributed by atoms with Crippen molar-refractivity contribution in [2.75, 3.05) is 0 Å². The van der Waals surface area contributed by atoms with Crippen LogP contribution in [0.4, 0.5) is 0 Å². The molecule has 15 heavy (non-hydrogen) atoms. The van der Waals surface area contributed by atoms with Crippen molar-refractivity contribution >= 4 is 16.3 Å². The number of aromatic nitrogens is 3. The molecule has 2 aromatic heterocycles. The van der Waals surface area contributed by atoms with Crippen LogP contribution in [0.5, 0.6) is 0 Å². The number of aryl methyl sites for hydroxylation is 1. The molecule has 0 aromatic carbocycles. The molecule has 4 heteroatoms. The highest BCUT2D eigenvalue weighted by Gasteiger charge is 2.23. The number of rotatable bonds is 2. The summed E-state index contributed by atoms with van der Waals surface area (Å²) in [5.41, 5.74) is 4.55. The van der Waals surface area contributed by atoms with Crippen molar-refractivity contribution in [2.45, 2.75) is 39.0 Å². The van der Waals surface area contributed by atoms with E-state index in [1.807, 2.05) is 10.0 Å². The van der Waals surface area contributed by atoms with Gasteiger partial charge in [0.1, 0.15) is 5.51 Å². The highest BCUT2D eigenvalue weighted by molar-refractivity contribution is 7.14. The van der Waals surface area contributed by atoms with Gasteiger partial charge in [-0.25, -0.2) is 9.50 Å². The van der Waals surface area contributed by atoms with E-state index in [1.165, 1.54) is 37.1 Å². The van der Waals surface area contributed by atoms with Crippen LogP contribution in [0.3, 0.4) is 0 Å². The maximum atomic E-state index is 4.63. The van der Waals surface area contributed by atoms with Crippen LogP contribution in [0.2, 0.25) is 0 Å². The first kappa shape index (κ1) is 9.33. The Bertz CT molecular complexity index is 471. The molecule has 3 nitrogen and oxygen atoms in total. The molecule has 0 radical (unpaired) electrons. The van der Waals surface area contributed by atoms with Crippen LogP contribution >= 0.6 is 11.3 Å². The third-order valence-corrected chi connectivity index (χ3v) is 3.96. The Hall–Kier alpha value is -0.900. The molecule has 0 spiro atoms. The molecule has 80 valence electrons. The van der Waals surface area contributed by atoms with Crippen LogP contribution in [-0.2, 0) is 12.8 Å². The van der Waals surface area contributed by atoms with Crippen LogP contribution in [0.1, 0.15) is 37.6 Å². The fraction of sp³-hybridized carbons (Fsp3) is 0.636. The SMILES string of the molecule is CCCC1CCc2nc3scnn3c2C1. The maximum absolute atomic E-state index is 4.63. The Kier molecular flexibility index (Phi) is 2.24. The highest BCUT2D eigenvalue weighted by atomic mass is 32.1. The van der Waals surface area contributed by atoms with Crippen LogP contribution in [0.15, 0.2) is 5.51 Å². The van der Waals surface area contributed by atoms with Gasteiger partial charge in [0.05, 0.1) is 11.4 Å². The lowest BCUT2D eigenvalue weighted by Crippen LogP contribution is -2.15. The van der Waals surface area contributed by atoms with E-state index in [1.54, 1.807) is 11.3 Å². The second-order valence-corrected chi connectivity index (χ2v) is 5.15. The van der Waals surface area contributed by atoms with Gasteiger partial charge in [0.2, 0.25) is 4.96 Å². The predicted octanol–water partition coefficient (Wildman–Crippen LogP) is 2.70. The Balaban J connectivity index is 1.98. The number of fused-ring (bicyclic) bond motifs is 3. The van der Waals surface area contributed by atoms with Gasteiger partial charge in [-0.1, -0.05) is 31.1 Å². The van der Waals surface area contributed by atoms with Gasteiger partial charge in [0, 0.05) is 0 Å². The van der Waals surface area contributed by atoms with E-state index in [0.717, 1.165) is 17.3 Å². The van der Waals surface area contributed by atoms with Crippen LogP contribution in [0, 0.1) is 5.92 Å². The van der Waals surface area contributed by atoms with Crippen molar-refractivity contribution in [2.24, 2.45) is 5.92 Å². The van der Waals surface area contributed by atoms with E-state index in [9.17, 15) is 0 Å². The normalized spacial score (nSPS) is 20.7. The summed E-state index contributed by atoms with van der Waals surface area (Å²) in [5.74, 6) is 0.851. The molecule has 2 heterocycles. The molecule has 0 saturated carbocycles. The molecule has 0 saturated heterocycles. The van der Waals surface area contributed by atoms with Crippen molar-refractivity contribution in [1.82, 2.24) is 14.6 Å². The molecule has 0 amide bonds. The van der Waals surface area contributed by atoms with Crippen molar-refractivity contribution in [3.8, 4) is 0 Å². The minimum atomic E-state index is 0.851. The minimum Gasteiger partial charge on any atom is -0.222 e. The van der Waals surface area contributed by atoms with E-state index < -0.39 is 0 Å². The zero-order valence-electron chi connectivity index (χ0n) is 8.94. The summed E-state index contributed by atoms with van der Waals surface area (Å²) in [6.07, 6.45) is 6.27. The van der Waals surface area contributed by atoms with Gasteiger partial charge in [0.15, 0.2) is 0 Å². The smallest absolute Gasteiger partial charge is 0.212 e. The molecule has 0 fully saturated rings. The Morgan fingerprint density at radius 3 is 3.40 bits per heavy atom. The molecular weight excluding hydrogens is 206 g/mol. The predicted molar refractivity (Wildman–Crippen MR) is 61.3 cm³/mol. The number of hydrogen-bond donors (Lipinski definition) is 0. The molecule has 3 rings (SSSR count). The Labute approximate surface area is 93.1 Å². The summed E-state index contributed by atoms with van der Waals surface area (Å²) < 4.78 is 2.04. The van der Waals surface area contributed by atoms with E-state index in [0.29, 0.717) is 0 Å². The molecule has 1 aliphatic rings. The summed E-state index contributed by atoms with van der Waals surface area (Å²) in [7, 11) is 0. The second-order valence-electron chi connectivity index (χ2n) is 4.34. The molecule has 0 N–H and O–H groups in total. The van der Waals surface area contributed by atoms with Crippen molar-refractivity contribution < 1.29 is 0 Å². The zero-order chi connectivity index (χ0) is 10.3. The molecule has 1 aliphatic carbocycles. The zero-order valence-corrected chi connectivity index (χ0v) is 9.76. The number of imidazole rings is 1. The van der Waals surface area contributed by atoms with E-state index in [-0.39, 0.29) is 0 Å². The van der Waals surface area contributed by atoms with Crippen molar-refractivity contribution in [1.29, 1.82) is 0 Å². The standard InChI is InChI=1S/C11H15N3S/c1-2-3-8-4-5-9-10(6-8)14-11(13-9)15-7-12-14/h7-8H,2-6H2,1H3. The quantitative estimate of drug-likeness (QED) is 0.780. The summed E-state index contributed by atoms with van der Waals surface area (Å²) in [5, 5.41) is 4.36. The topological polar surface area (TPSA) is 30.2 Å². The van der Waals surface area contributed by atoms with Gasteiger partial charge in [-0.2, -0.15) is 5.10 Å². The molecule has 1 atom stereocenters. The molecular formula is C11H15N3S. The van der Waals surface area contributed by atoms with Gasteiger partial charge >= 0.3 is 0 Å². The monoisotopic (exact) mass is 221 g/mol. The Morgan fingerprint density at radius 1 is 1.60 bits per heavy atom. The first-order chi connectivity index (χ1) is 7.38. The van der Waals surface area contributed by atoms with Gasteiger partial charge in [-0.15, -0.1) is 0 Å². The summed E-state index contributed by atoms with van der Waals surface area (Å²) in [6.45, 7) is 2.27. The summed E-state index contributed by atoms with van der Waals surface area (Å²) in [6, 6.07) is 0. The third-order valence-electron chi connectivity index (χ3n) is 3.29. The average Bonchev–Trinajstić information content (AvgIpc) is 2.78. The fourth-order valence-electron chi connectivity index (χ4n) is 2.55. The molecule has 0 aliphatic heterocycles. The average molecular weight is 221 g/mol. The lowest BCUT2D eigenvalue weighted by molar-refractivity contribution is 0.412. The van der Waals surface area contributed by atoms with E-state index >= 15 is 0 Å². The lowest BCUT2D eigenvalue weighted by Gasteiger charge is -2.20. The fourth-order valence-corrected chi connectivity index (χ4v) is 3.21. The molecule has 2 aromatic rings. The number of hydrogen-bond acceptors (Lipinski definition) is 3. The molecule has 0 bridgehead atoms. The maximum Gasteiger partial charge on any atom is 0.212 e. The lowest BCUT2D eigenvalue weighted by atomic mass is 9.87. The molecule has 1 unspecified atom stereocenters. The van der Waals surface area contributed by atoms with Gasteiger partial charge in [0.25, 0.3) is 0 Å². The van der Waals surface area contributed by atoms with Crippen molar-refractivity contribution in [3.05, 3.63) is 16.9 Å². The first-order valence-corrected chi connectivity index (χ1v) is 6.56. The third kappa shape index (κ3) is 1.47. The van der Waals surface area contributed by atoms with Gasteiger partial charge < -0.3 is 0 Å². The largest absolute Gasteiger partial charge is 0.222 e. The summed E-state index contributed by atoms with van der Waals surface area (Å²) in [4.78, 5) is 5.69.